The highest BCUT2D eigenvalue weighted by Gasteiger charge is 1.99. The van der Waals surface area contributed by atoms with Crippen LogP contribution in [-0.2, 0) is 0 Å². The average Bonchev–Trinajstić information content (AvgIpc) is 2.33. The molecular weight excluding hydrogens is 161 g/mol. The Kier molecular flexibility index (Phi) is 1.82. The van der Waals surface area contributed by atoms with Gasteiger partial charge in [-0.05, 0) is 23.4 Å². The molecule has 0 unspecified atom stereocenters. The Hall–Kier alpha value is -1.85. The third-order valence-corrected chi connectivity index (χ3v) is 1.50. The molecule has 2 aromatic rings. The summed E-state index contributed by atoms with van der Waals surface area (Å²) >= 11 is 0. The highest BCUT2D eigenvalue weighted by Crippen LogP contribution is 2.12. The van der Waals surface area contributed by atoms with Crippen LogP contribution in [-0.4, -0.2) is 15.1 Å². The number of halogens is 1. The molecule has 64 valence electrons. The van der Waals surface area contributed by atoms with Crippen LogP contribution < -0.4 is 11.6 Å². The summed E-state index contributed by atoms with van der Waals surface area (Å²) in [5, 5.41) is 7.42. The second-order valence-corrected chi connectivity index (χ2v) is 2.28. The Morgan fingerprint density at radius 3 is 2.83 bits per heavy atom. The molecule has 0 aliphatic rings. The SMILES string of the molecule is F.Nc1ccc2nnn(N)c2c1. The molecule has 0 spiro atoms. The van der Waals surface area contributed by atoms with Gasteiger partial charge in [0.05, 0.1) is 0 Å². The van der Waals surface area contributed by atoms with Gasteiger partial charge in [-0.1, -0.05) is 0 Å². The molecule has 0 atom stereocenters. The van der Waals surface area contributed by atoms with Crippen molar-refractivity contribution in [3.63, 3.8) is 0 Å². The molecule has 1 aromatic heterocycles. The van der Waals surface area contributed by atoms with Gasteiger partial charge in [0.15, 0.2) is 0 Å². The van der Waals surface area contributed by atoms with E-state index < -0.39 is 0 Å². The van der Waals surface area contributed by atoms with Crippen LogP contribution in [0.15, 0.2) is 18.2 Å². The Labute approximate surface area is 67.3 Å². The number of hydrogen-bond acceptors (Lipinski definition) is 4. The van der Waals surface area contributed by atoms with Crippen LogP contribution in [0.25, 0.3) is 11.0 Å². The Balaban J connectivity index is 0.000000720. The van der Waals surface area contributed by atoms with Crippen molar-refractivity contribution in [1.29, 1.82) is 0 Å². The van der Waals surface area contributed by atoms with Crippen molar-refractivity contribution in [1.82, 2.24) is 15.1 Å². The maximum atomic E-state index is 5.53. The van der Waals surface area contributed by atoms with E-state index in [-0.39, 0.29) is 4.70 Å². The Morgan fingerprint density at radius 1 is 1.33 bits per heavy atom. The van der Waals surface area contributed by atoms with Crippen LogP contribution in [0, 0.1) is 0 Å². The fraction of sp³-hybridized carbons (Fsp3) is 0. The molecular formula is C6H8FN5. The molecule has 0 amide bonds. The molecule has 1 heterocycles. The summed E-state index contributed by atoms with van der Waals surface area (Å²) in [7, 11) is 0. The lowest BCUT2D eigenvalue weighted by Crippen LogP contribution is -2.09. The predicted octanol–water partition coefficient (Wildman–Crippen LogP) is -0.120. The lowest BCUT2D eigenvalue weighted by atomic mass is 10.3. The fourth-order valence-corrected chi connectivity index (χ4v) is 0.953. The van der Waals surface area contributed by atoms with Crippen LogP contribution in [0.3, 0.4) is 0 Å². The average molecular weight is 169 g/mol. The minimum atomic E-state index is 0. The molecule has 2 rings (SSSR count). The van der Waals surface area contributed by atoms with Crippen molar-refractivity contribution >= 4 is 16.7 Å². The number of nitrogens with zero attached hydrogens (tertiary/aromatic N) is 3. The normalized spacial score (nSPS) is 9.67. The van der Waals surface area contributed by atoms with Crippen molar-refractivity contribution in [2.24, 2.45) is 0 Å². The van der Waals surface area contributed by atoms with Crippen LogP contribution >= 0.6 is 0 Å². The van der Waals surface area contributed by atoms with E-state index in [1.54, 1.807) is 18.2 Å². The van der Waals surface area contributed by atoms with Crippen molar-refractivity contribution in [2.45, 2.75) is 0 Å². The van der Waals surface area contributed by atoms with E-state index in [0.717, 1.165) is 11.0 Å². The molecule has 12 heavy (non-hydrogen) atoms. The van der Waals surface area contributed by atoms with Crippen LogP contribution in [0.2, 0.25) is 0 Å². The van der Waals surface area contributed by atoms with Crippen LogP contribution in [0.5, 0.6) is 0 Å². The van der Waals surface area contributed by atoms with Gasteiger partial charge in [0.1, 0.15) is 11.0 Å². The molecule has 5 nitrogen and oxygen atoms in total. The number of benzene rings is 1. The number of rotatable bonds is 0. The first-order valence-electron chi connectivity index (χ1n) is 3.13. The zero-order valence-corrected chi connectivity index (χ0v) is 6.14. The van der Waals surface area contributed by atoms with Gasteiger partial charge < -0.3 is 11.6 Å². The number of anilines is 1. The smallest absolute Gasteiger partial charge is 0.115 e. The molecule has 0 saturated heterocycles. The van der Waals surface area contributed by atoms with Gasteiger partial charge in [-0.2, -0.15) is 4.79 Å². The minimum Gasteiger partial charge on any atom is -0.399 e. The molecule has 6 heteroatoms. The first kappa shape index (κ1) is 8.25. The summed E-state index contributed by atoms with van der Waals surface area (Å²) in [4.78, 5) is 1.20. The van der Waals surface area contributed by atoms with Gasteiger partial charge >= 0.3 is 0 Å². The summed E-state index contributed by atoms with van der Waals surface area (Å²) in [6.07, 6.45) is 0. The lowest BCUT2D eigenvalue weighted by molar-refractivity contribution is 0.787. The zero-order chi connectivity index (χ0) is 7.84. The van der Waals surface area contributed by atoms with Gasteiger partial charge in [0, 0.05) is 5.69 Å². The summed E-state index contributed by atoms with van der Waals surface area (Å²) in [5.74, 6) is 5.43. The molecule has 0 aliphatic carbocycles. The van der Waals surface area contributed by atoms with Gasteiger partial charge in [0.25, 0.3) is 0 Å². The number of fused-ring (bicyclic) bond motifs is 1. The Morgan fingerprint density at radius 2 is 2.08 bits per heavy atom. The van der Waals surface area contributed by atoms with E-state index in [9.17, 15) is 0 Å². The zero-order valence-electron chi connectivity index (χ0n) is 6.14. The number of hydrogen-bond donors (Lipinski definition) is 2. The monoisotopic (exact) mass is 169 g/mol. The van der Waals surface area contributed by atoms with E-state index in [4.69, 9.17) is 11.6 Å². The van der Waals surface area contributed by atoms with Gasteiger partial charge in [-0.25, -0.2) is 0 Å². The van der Waals surface area contributed by atoms with Gasteiger partial charge in [0.2, 0.25) is 0 Å². The highest BCUT2D eigenvalue weighted by atomic mass is 19.0. The third kappa shape index (κ3) is 1.03. The van der Waals surface area contributed by atoms with Crippen molar-refractivity contribution < 1.29 is 4.70 Å². The third-order valence-electron chi connectivity index (χ3n) is 1.50. The van der Waals surface area contributed by atoms with Crippen molar-refractivity contribution in [3.05, 3.63) is 18.2 Å². The van der Waals surface area contributed by atoms with Crippen molar-refractivity contribution in [3.8, 4) is 0 Å². The molecule has 0 radical (unpaired) electrons. The van der Waals surface area contributed by atoms with E-state index >= 15 is 0 Å². The van der Waals surface area contributed by atoms with Gasteiger partial charge in [-0.3, -0.25) is 4.70 Å². The maximum absolute atomic E-state index is 5.53. The van der Waals surface area contributed by atoms with E-state index in [1.165, 1.54) is 4.79 Å². The molecule has 0 bridgehead atoms. The number of nitrogens with two attached hydrogens (primary N) is 2. The first-order chi connectivity index (χ1) is 5.27. The summed E-state index contributed by atoms with van der Waals surface area (Å²) < 4.78 is 0. The van der Waals surface area contributed by atoms with E-state index in [2.05, 4.69) is 10.3 Å². The molecule has 1 aromatic carbocycles. The topological polar surface area (TPSA) is 82.8 Å². The minimum absolute atomic E-state index is 0. The largest absolute Gasteiger partial charge is 0.399 e. The van der Waals surface area contributed by atoms with Crippen LogP contribution in [0.4, 0.5) is 10.4 Å². The Bertz CT molecular complexity index is 396. The summed E-state index contributed by atoms with van der Waals surface area (Å²) in [6, 6.07) is 5.27. The standard InChI is InChI=1S/C6H7N5.FH/c7-4-1-2-5-6(3-4)11(8)10-9-5;/h1-3H,7-8H2;1H. The second kappa shape index (κ2) is 2.65. The predicted molar refractivity (Wildman–Crippen MR) is 44.6 cm³/mol. The molecule has 0 aliphatic heterocycles. The van der Waals surface area contributed by atoms with E-state index in [1.807, 2.05) is 0 Å². The lowest BCUT2D eigenvalue weighted by Gasteiger charge is -1.92. The van der Waals surface area contributed by atoms with Crippen LogP contribution in [0.1, 0.15) is 0 Å². The first-order valence-corrected chi connectivity index (χ1v) is 3.13. The van der Waals surface area contributed by atoms with Gasteiger partial charge in [-0.15, -0.1) is 5.10 Å². The highest BCUT2D eigenvalue weighted by molar-refractivity contribution is 5.77. The fourth-order valence-electron chi connectivity index (χ4n) is 0.953. The number of aromatic nitrogens is 3. The quantitative estimate of drug-likeness (QED) is 0.425. The van der Waals surface area contributed by atoms with Crippen molar-refractivity contribution in [2.75, 3.05) is 11.6 Å². The second-order valence-electron chi connectivity index (χ2n) is 2.28. The number of nitrogen functional groups attached to an aromatic ring is 2. The maximum Gasteiger partial charge on any atom is 0.115 e. The molecule has 4 N–H and O–H groups in total. The van der Waals surface area contributed by atoms with E-state index in [0.29, 0.717) is 5.69 Å². The summed E-state index contributed by atoms with van der Waals surface area (Å²) in [5.41, 5.74) is 7.68. The molecule has 0 saturated carbocycles. The molecule has 0 fully saturated rings. The summed E-state index contributed by atoms with van der Waals surface area (Å²) in [6.45, 7) is 0.